The van der Waals surface area contributed by atoms with Gasteiger partial charge < -0.3 is 30.2 Å². The molecule has 0 spiro atoms. The van der Waals surface area contributed by atoms with E-state index in [0.717, 1.165) is 168 Å². The highest BCUT2D eigenvalue weighted by atomic mass is 32.2. The molecule has 556 valence electrons. The lowest BCUT2D eigenvalue weighted by Crippen LogP contribution is -2.58. The number of hydrogen-bond donors (Lipinski definition) is 4. The van der Waals surface area contributed by atoms with Crippen molar-refractivity contribution >= 4 is 49.1 Å². The highest BCUT2D eigenvalue weighted by molar-refractivity contribution is 7.89. The van der Waals surface area contributed by atoms with E-state index in [9.17, 15) is 31.2 Å². The number of nitrogens with one attached hydrogen (secondary N) is 4. The molecule has 6 heterocycles. The van der Waals surface area contributed by atoms with Crippen molar-refractivity contribution < 1.29 is 31.2 Å². The van der Waals surface area contributed by atoms with Gasteiger partial charge in [0, 0.05) is 138 Å². The second-order valence-electron chi connectivity index (χ2n) is 29.0. The smallest absolute Gasteiger partial charge is 0.257 e. The van der Waals surface area contributed by atoms with Gasteiger partial charge >= 0.3 is 0 Å². The molecule has 0 radical (unpaired) electrons. The Balaban J connectivity index is 0.000000210. The van der Waals surface area contributed by atoms with Gasteiger partial charge in [0.05, 0.1) is 45.4 Å². The van der Waals surface area contributed by atoms with Gasteiger partial charge in [-0.15, -0.1) is 0 Å². The zero-order valence-electron chi connectivity index (χ0n) is 61.8. The molecule has 0 unspecified atom stereocenters. The molecule has 4 N–H and O–H groups in total. The van der Waals surface area contributed by atoms with Crippen LogP contribution in [0.5, 0.6) is 0 Å². The zero-order valence-corrected chi connectivity index (χ0v) is 63.4. The summed E-state index contributed by atoms with van der Waals surface area (Å²) in [6, 6.07) is 57.0. The summed E-state index contributed by atoms with van der Waals surface area (Å²) < 4.78 is 56.3. The molecule has 4 aliphatic heterocycles. The molecule has 2 aromatic heterocycles. The van der Waals surface area contributed by atoms with Gasteiger partial charge in [0.25, 0.3) is 17.7 Å². The molecule has 12 rings (SSSR count). The third-order valence-corrected chi connectivity index (χ3v) is 24.5. The van der Waals surface area contributed by atoms with Crippen molar-refractivity contribution in [2.24, 2.45) is 0 Å². The van der Waals surface area contributed by atoms with E-state index in [1.807, 2.05) is 104 Å². The number of carbonyl (C=O) groups is 3. The Morgan fingerprint density at radius 1 is 0.429 bits per heavy atom. The first-order valence-electron chi connectivity index (χ1n) is 37.1. The summed E-state index contributed by atoms with van der Waals surface area (Å²) in [6.45, 7) is 22.2. The number of rotatable bonds is 27. The van der Waals surface area contributed by atoms with Crippen molar-refractivity contribution in [3.63, 3.8) is 0 Å². The van der Waals surface area contributed by atoms with Crippen molar-refractivity contribution in [1.29, 1.82) is 0 Å². The van der Waals surface area contributed by atoms with E-state index in [1.54, 1.807) is 24.3 Å². The van der Waals surface area contributed by atoms with Crippen molar-refractivity contribution in [2.75, 3.05) is 86.8 Å². The number of benzene rings is 6. The second-order valence-corrected chi connectivity index (χ2v) is 32.8. The topological polar surface area (TPSA) is 239 Å². The van der Waals surface area contributed by atoms with Gasteiger partial charge in [-0.2, -0.15) is 0 Å². The first-order chi connectivity index (χ1) is 50.6. The van der Waals surface area contributed by atoms with Crippen LogP contribution in [0.3, 0.4) is 0 Å². The summed E-state index contributed by atoms with van der Waals surface area (Å²) >= 11 is 0. The molecule has 21 nitrogen and oxygen atoms in total. The van der Waals surface area contributed by atoms with Gasteiger partial charge in [0.1, 0.15) is 12.7 Å². The molecule has 0 bridgehead atoms. The molecule has 0 aliphatic carbocycles. The van der Waals surface area contributed by atoms with Gasteiger partial charge in [-0.1, -0.05) is 133 Å². The lowest BCUT2D eigenvalue weighted by molar-refractivity contribution is 0.0166. The van der Waals surface area contributed by atoms with Crippen LogP contribution in [0.1, 0.15) is 147 Å². The number of aromatic nitrogens is 4. The minimum Gasteiger partial charge on any atom is -0.364 e. The third kappa shape index (κ3) is 21.0. The standard InChI is InChI=1S/C41H51N7O4S.C41H53N7O3S/c1-31-38(32(2)44-30-43-31)40(50)46-25-20-41(3,21-26-46)47-23-18-37(19-24-47)48(29-34-10-6-4-7-11-34)36-16-14-33(15-17-36)28-45-53(51,52)27-22-42-39(49)35-12-8-5-9-13-35;1-32-39(33(2)44-31-43-32)40(49)46-25-20-41(3,21-26-46)47-23-18-38(19-24-47)48(30-36-12-8-5-9-13-36)37-16-14-35(15-17-37)29-45-52(50,51)27-22-42-28-34-10-6-4-7-11-34/h4-17,30,37,45H,18-29H2,1-3H3,(H,42,49);4-17,31,38,42,45H,18-30H2,1-3H3. The van der Waals surface area contributed by atoms with Crippen molar-refractivity contribution in [3.05, 3.63) is 250 Å². The summed E-state index contributed by atoms with van der Waals surface area (Å²) in [6.07, 6.45) is 10.9. The van der Waals surface area contributed by atoms with Crippen LogP contribution in [-0.2, 0) is 52.8 Å². The number of hydrogen-bond acceptors (Lipinski definition) is 16. The number of piperidine rings is 4. The molecular formula is C82H104N14O7S2. The second kappa shape index (κ2) is 36.0. The van der Waals surface area contributed by atoms with E-state index in [1.165, 1.54) is 23.8 Å². The number of likely N-dealkylation sites (tertiary alicyclic amines) is 4. The van der Waals surface area contributed by atoms with Gasteiger partial charge in [-0.3, -0.25) is 24.2 Å². The number of amides is 3. The molecule has 3 amide bonds. The van der Waals surface area contributed by atoms with Gasteiger partial charge in [0.15, 0.2) is 0 Å². The minimum atomic E-state index is -3.59. The quantitative estimate of drug-likeness (QED) is 0.0350. The highest BCUT2D eigenvalue weighted by Gasteiger charge is 2.42. The fourth-order valence-electron chi connectivity index (χ4n) is 15.2. The van der Waals surface area contributed by atoms with E-state index >= 15 is 0 Å². The molecule has 0 atom stereocenters. The van der Waals surface area contributed by atoms with Crippen LogP contribution >= 0.6 is 0 Å². The molecule has 6 aromatic carbocycles. The van der Waals surface area contributed by atoms with Gasteiger partial charge in [-0.25, -0.2) is 46.2 Å². The SMILES string of the molecule is Cc1ncnc(C)c1C(=O)N1CCC(C)(N2CCC(N(Cc3ccccc3)c3ccc(CNS(=O)(=O)CCNC(=O)c4ccccc4)cc3)CC2)CC1.Cc1ncnc(C)c1C(=O)N1CCC(C)(N2CCC(N(Cc3ccccc3)c3ccc(CNS(=O)(=O)CCNCc4ccccc4)cc3)CC2)CC1. The van der Waals surface area contributed by atoms with E-state index in [-0.39, 0.29) is 59.9 Å². The Hall–Kier alpha value is -8.81. The van der Waals surface area contributed by atoms with E-state index in [0.29, 0.717) is 41.9 Å². The fourth-order valence-corrected chi connectivity index (χ4v) is 17.0. The zero-order chi connectivity index (χ0) is 74.0. The van der Waals surface area contributed by atoms with E-state index in [4.69, 9.17) is 0 Å². The molecule has 4 aliphatic rings. The normalized spacial score (nSPS) is 16.7. The monoisotopic (exact) mass is 1460 g/mol. The average Bonchev–Trinajstić information content (AvgIpc) is 0.773. The highest BCUT2D eigenvalue weighted by Crippen LogP contribution is 2.37. The van der Waals surface area contributed by atoms with Gasteiger partial charge in [0.2, 0.25) is 20.0 Å². The van der Waals surface area contributed by atoms with Crippen LogP contribution in [0, 0.1) is 27.7 Å². The predicted octanol–water partition coefficient (Wildman–Crippen LogP) is 10.6. The summed E-state index contributed by atoms with van der Waals surface area (Å²) in [7, 11) is -7.00. The first kappa shape index (κ1) is 77.3. The number of anilines is 2. The number of nitrogens with zero attached hydrogens (tertiary/aromatic N) is 10. The molecule has 4 fully saturated rings. The minimum absolute atomic E-state index is 0.0239. The first-order valence-corrected chi connectivity index (χ1v) is 40.4. The summed E-state index contributed by atoms with van der Waals surface area (Å²) in [4.78, 5) is 70.4. The lowest BCUT2D eigenvalue weighted by Gasteiger charge is -2.50. The number of sulfonamides is 2. The molecule has 8 aromatic rings. The Morgan fingerprint density at radius 2 is 0.762 bits per heavy atom. The number of aryl methyl sites for hydroxylation is 4. The fraction of sp³-hybridized carbons (Fsp3) is 0.427. The summed E-state index contributed by atoms with van der Waals surface area (Å²) in [5, 5.41) is 5.90. The molecule has 4 saturated heterocycles. The summed E-state index contributed by atoms with van der Waals surface area (Å²) in [5.74, 6) is -0.394. The number of carbonyl (C=O) groups excluding carboxylic acids is 3. The Kier molecular flexibility index (Phi) is 26.5. The Bertz CT molecular complexity index is 4320. The molecule has 0 saturated carbocycles. The third-order valence-electron chi connectivity index (χ3n) is 21.8. The maximum absolute atomic E-state index is 13.4. The maximum atomic E-state index is 13.4. The van der Waals surface area contributed by atoms with Crippen molar-refractivity contribution in [3.8, 4) is 0 Å². The Labute approximate surface area is 621 Å². The van der Waals surface area contributed by atoms with E-state index in [2.05, 4.69) is 152 Å². The molecule has 105 heavy (non-hydrogen) atoms. The van der Waals surface area contributed by atoms with Crippen LogP contribution in [0.15, 0.2) is 183 Å². The average molecular weight is 1460 g/mol. The van der Waals surface area contributed by atoms with Crippen molar-refractivity contribution in [2.45, 2.75) is 149 Å². The van der Waals surface area contributed by atoms with Crippen LogP contribution in [0.4, 0.5) is 11.4 Å². The van der Waals surface area contributed by atoms with Crippen molar-refractivity contribution in [1.82, 2.24) is 59.6 Å². The van der Waals surface area contributed by atoms with E-state index < -0.39 is 20.0 Å². The summed E-state index contributed by atoms with van der Waals surface area (Å²) in [5.41, 5.74) is 12.5. The Morgan fingerprint density at radius 3 is 1.13 bits per heavy atom. The predicted molar refractivity (Wildman–Crippen MR) is 416 cm³/mol. The van der Waals surface area contributed by atoms with Crippen LogP contribution in [0.2, 0.25) is 0 Å². The molecule has 23 heteroatoms. The largest absolute Gasteiger partial charge is 0.364 e. The lowest BCUT2D eigenvalue weighted by atomic mass is 9.85. The maximum Gasteiger partial charge on any atom is 0.257 e. The van der Waals surface area contributed by atoms with Crippen LogP contribution in [-0.4, -0.2) is 174 Å². The van der Waals surface area contributed by atoms with Gasteiger partial charge in [-0.05, 0) is 157 Å². The molecular weight excluding hydrogens is 1360 g/mol. The van der Waals surface area contributed by atoms with Crippen LogP contribution in [0.25, 0.3) is 0 Å². The van der Waals surface area contributed by atoms with Crippen LogP contribution < -0.4 is 29.9 Å².